The molecule has 0 unspecified atom stereocenters. The second-order valence-corrected chi connectivity index (χ2v) is 19.3. The molecule has 0 spiro atoms. The predicted molar refractivity (Wildman–Crippen MR) is 282 cm³/mol. The van der Waals surface area contributed by atoms with Crippen LogP contribution in [0.4, 0.5) is 34.1 Å². The number of fused-ring (bicyclic) bond motifs is 9. The fraction of sp³-hybridized carbons (Fsp3) is 0.194. The van der Waals surface area contributed by atoms with Gasteiger partial charge in [0.2, 0.25) is 0 Å². The van der Waals surface area contributed by atoms with E-state index in [-0.39, 0.29) is 0 Å². The van der Waals surface area contributed by atoms with E-state index in [1.165, 1.54) is 45.0 Å². The van der Waals surface area contributed by atoms with Crippen LogP contribution in [0.3, 0.4) is 0 Å². The first-order chi connectivity index (χ1) is 32.0. The molecule has 11 aromatic rings. The molecule has 66 heavy (non-hydrogen) atoms. The Morgan fingerprint density at radius 3 is 0.939 bits per heavy atom. The number of para-hydroxylation sites is 4. The van der Waals surface area contributed by atoms with Crippen molar-refractivity contribution >= 4 is 99.5 Å². The number of hydrogen-bond donors (Lipinski definition) is 0. The largest absolute Gasteiger partial charge is 0.452 e. The normalized spacial score (nSPS) is 12.2. The monoisotopic (exact) mass is 860 g/mol. The van der Waals surface area contributed by atoms with Crippen molar-refractivity contribution in [3.63, 3.8) is 0 Å². The summed E-state index contributed by atoms with van der Waals surface area (Å²) in [5, 5.41) is 8.84. The van der Waals surface area contributed by atoms with Crippen molar-refractivity contribution in [2.75, 3.05) is 9.80 Å². The highest BCUT2D eigenvalue weighted by Gasteiger charge is 2.24. The Morgan fingerprint density at radius 1 is 0.303 bits per heavy atom. The minimum Gasteiger partial charge on any atom is -0.452 e. The van der Waals surface area contributed by atoms with Gasteiger partial charge in [0.15, 0.2) is 11.2 Å². The second kappa shape index (κ2) is 16.3. The van der Waals surface area contributed by atoms with E-state index in [4.69, 9.17) is 8.83 Å². The number of furan rings is 2. The molecule has 0 bridgehead atoms. The van der Waals surface area contributed by atoms with Crippen LogP contribution < -0.4 is 9.80 Å². The van der Waals surface area contributed by atoms with Gasteiger partial charge in [0.1, 0.15) is 11.2 Å². The van der Waals surface area contributed by atoms with Crippen molar-refractivity contribution < 1.29 is 8.83 Å². The molecular weight excluding hydrogens is 805 g/mol. The lowest BCUT2D eigenvalue weighted by molar-refractivity contribution is 0.634. The van der Waals surface area contributed by atoms with E-state index in [1.807, 2.05) is 0 Å². The van der Waals surface area contributed by atoms with Crippen LogP contribution in [0.5, 0.6) is 0 Å². The first-order valence-electron chi connectivity index (χ1n) is 23.7. The van der Waals surface area contributed by atoms with Gasteiger partial charge in [-0.1, -0.05) is 140 Å². The average molecular weight is 861 g/mol. The van der Waals surface area contributed by atoms with E-state index >= 15 is 0 Å². The smallest absolute Gasteiger partial charge is 0.178 e. The third-order valence-corrected chi connectivity index (χ3v) is 13.7. The Morgan fingerprint density at radius 2 is 0.621 bits per heavy atom. The predicted octanol–water partition coefficient (Wildman–Crippen LogP) is 19.2. The molecule has 0 saturated heterocycles. The van der Waals surface area contributed by atoms with E-state index in [9.17, 15) is 0 Å². The molecule has 11 rings (SSSR count). The third kappa shape index (κ3) is 6.90. The lowest BCUT2D eigenvalue weighted by atomic mass is 9.96. The molecular formula is C62H56N2O2. The molecule has 2 aromatic heterocycles. The van der Waals surface area contributed by atoms with Gasteiger partial charge >= 0.3 is 0 Å². The first-order valence-corrected chi connectivity index (χ1v) is 23.7. The standard InChI is InChI=1S/C62H56N2O2/c1-37(2)47-17-9-13-21-55(47)63(56-22-14-10-18-48(56)38(3)4)45-27-25-41-33-53-51-29-30-52-54-34-42-26-28-46(32-44(42)36-60(54)66-62(52)61(51)65-59(53)35-43(41)31-45)64(57-23-15-11-19-49(57)39(5)6)58-24-16-12-20-50(58)40(7)8/h9-40H,1-8H3. The van der Waals surface area contributed by atoms with Crippen molar-refractivity contribution in [2.24, 2.45) is 0 Å². The number of hydrogen-bond acceptors (Lipinski definition) is 4. The average Bonchev–Trinajstić information content (AvgIpc) is 3.88. The molecule has 0 aliphatic rings. The van der Waals surface area contributed by atoms with Crippen molar-refractivity contribution in [2.45, 2.75) is 79.1 Å². The van der Waals surface area contributed by atoms with Crippen LogP contribution in [0.2, 0.25) is 0 Å². The van der Waals surface area contributed by atoms with Crippen LogP contribution >= 0.6 is 0 Å². The number of anilines is 6. The fourth-order valence-electron chi connectivity index (χ4n) is 10.3. The maximum absolute atomic E-state index is 6.87. The zero-order valence-electron chi connectivity index (χ0n) is 39.2. The summed E-state index contributed by atoms with van der Waals surface area (Å²) in [5.41, 5.74) is 15.5. The topological polar surface area (TPSA) is 32.8 Å². The molecule has 0 atom stereocenters. The van der Waals surface area contributed by atoms with Crippen LogP contribution in [0.25, 0.3) is 65.4 Å². The molecule has 9 aromatic carbocycles. The van der Waals surface area contributed by atoms with Crippen LogP contribution in [0.15, 0.2) is 179 Å². The van der Waals surface area contributed by atoms with E-state index in [2.05, 4.69) is 235 Å². The molecule has 4 heteroatoms. The summed E-state index contributed by atoms with van der Waals surface area (Å²) in [6.07, 6.45) is 0. The van der Waals surface area contributed by atoms with E-state index in [0.29, 0.717) is 23.7 Å². The molecule has 0 amide bonds. The van der Waals surface area contributed by atoms with Gasteiger partial charge in [-0.3, -0.25) is 0 Å². The van der Waals surface area contributed by atoms with Gasteiger partial charge in [-0.25, -0.2) is 0 Å². The SMILES string of the molecule is CC(C)c1ccccc1N(c1ccc2cc3c(cc2c1)oc1c3ccc2c3cc4ccc(N(c5ccccc5C(C)C)c5ccccc5C(C)C)cc4cc3oc21)c1ccccc1C(C)C. The van der Waals surface area contributed by atoms with E-state index in [1.54, 1.807) is 0 Å². The summed E-state index contributed by atoms with van der Waals surface area (Å²) in [5.74, 6) is 1.43. The Labute approximate surface area is 387 Å². The van der Waals surface area contributed by atoms with Gasteiger partial charge in [0, 0.05) is 55.7 Å². The van der Waals surface area contributed by atoms with Gasteiger partial charge < -0.3 is 18.6 Å². The zero-order valence-corrected chi connectivity index (χ0v) is 39.2. The zero-order chi connectivity index (χ0) is 45.4. The first kappa shape index (κ1) is 41.4. The molecule has 0 aliphatic heterocycles. The van der Waals surface area contributed by atoms with Gasteiger partial charge in [0.05, 0.1) is 0 Å². The highest BCUT2D eigenvalue weighted by Crippen LogP contribution is 2.47. The van der Waals surface area contributed by atoms with Gasteiger partial charge in [-0.2, -0.15) is 0 Å². The van der Waals surface area contributed by atoms with Crippen LogP contribution in [-0.2, 0) is 0 Å². The quantitative estimate of drug-likeness (QED) is 0.137. The lowest BCUT2D eigenvalue weighted by Gasteiger charge is -2.31. The van der Waals surface area contributed by atoms with Gasteiger partial charge in [-0.15, -0.1) is 0 Å². The molecule has 0 aliphatic carbocycles. The Bertz CT molecular complexity index is 3300. The second-order valence-electron chi connectivity index (χ2n) is 19.3. The molecule has 4 nitrogen and oxygen atoms in total. The number of benzene rings is 9. The summed E-state index contributed by atoms with van der Waals surface area (Å²) in [6, 6.07) is 62.4. The Kier molecular flexibility index (Phi) is 10.2. The van der Waals surface area contributed by atoms with E-state index < -0.39 is 0 Å². The molecule has 0 N–H and O–H groups in total. The van der Waals surface area contributed by atoms with Crippen molar-refractivity contribution in [3.05, 3.63) is 192 Å². The molecule has 326 valence electrons. The summed E-state index contributed by atoms with van der Waals surface area (Å²) in [6.45, 7) is 18.2. The maximum Gasteiger partial charge on any atom is 0.178 e. The van der Waals surface area contributed by atoms with Crippen molar-refractivity contribution in [1.29, 1.82) is 0 Å². The van der Waals surface area contributed by atoms with E-state index in [0.717, 1.165) is 76.8 Å². The Balaban J connectivity index is 1.04. The number of rotatable bonds is 10. The maximum atomic E-state index is 6.87. The minimum atomic E-state index is 0.359. The minimum absolute atomic E-state index is 0.359. The van der Waals surface area contributed by atoms with Crippen LogP contribution in [-0.4, -0.2) is 0 Å². The van der Waals surface area contributed by atoms with Gasteiger partial charge in [-0.05, 0) is 152 Å². The Hall–Kier alpha value is -7.30. The number of nitrogens with zero attached hydrogens (tertiary/aromatic N) is 2. The highest BCUT2D eigenvalue weighted by molar-refractivity contribution is 6.21. The molecule has 0 fully saturated rings. The van der Waals surface area contributed by atoms with Crippen LogP contribution in [0.1, 0.15) is 101 Å². The lowest BCUT2D eigenvalue weighted by Crippen LogP contribution is -2.15. The fourth-order valence-corrected chi connectivity index (χ4v) is 10.3. The highest BCUT2D eigenvalue weighted by atomic mass is 16.4. The third-order valence-electron chi connectivity index (χ3n) is 13.7. The van der Waals surface area contributed by atoms with Crippen LogP contribution in [0, 0.1) is 0 Å². The molecule has 0 saturated carbocycles. The van der Waals surface area contributed by atoms with Crippen molar-refractivity contribution in [1.82, 2.24) is 0 Å². The summed E-state index contributed by atoms with van der Waals surface area (Å²) < 4.78 is 13.7. The molecule has 0 radical (unpaired) electrons. The van der Waals surface area contributed by atoms with Crippen molar-refractivity contribution in [3.8, 4) is 0 Å². The molecule has 2 heterocycles. The summed E-state index contributed by atoms with van der Waals surface area (Å²) in [4.78, 5) is 4.90. The van der Waals surface area contributed by atoms with Gasteiger partial charge in [0.25, 0.3) is 0 Å². The summed E-state index contributed by atoms with van der Waals surface area (Å²) >= 11 is 0. The summed E-state index contributed by atoms with van der Waals surface area (Å²) in [7, 11) is 0.